The molecule has 0 radical (unpaired) electrons. The van der Waals surface area contributed by atoms with Crippen molar-refractivity contribution in [1.29, 1.82) is 0 Å². The molecule has 21 heavy (non-hydrogen) atoms. The van der Waals surface area contributed by atoms with Crippen LogP contribution in [-0.2, 0) is 19.1 Å². The summed E-state index contributed by atoms with van der Waals surface area (Å²) in [5.74, 6) is -6.87. The van der Waals surface area contributed by atoms with Crippen molar-refractivity contribution in [3.63, 3.8) is 0 Å². The highest BCUT2D eigenvalue weighted by Gasteiger charge is 2.73. The van der Waals surface area contributed by atoms with Gasteiger partial charge in [-0.1, -0.05) is 0 Å². The van der Waals surface area contributed by atoms with Gasteiger partial charge in [-0.05, 0) is 13.3 Å². The largest absolute Gasteiger partial charge is 0.458 e. The smallest absolute Gasteiger partial charge is 0.393 e. The minimum absolute atomic E-state index is 0.177. The minimum Gasteiger partial charge on any atom is -0.458 e. The van der Waals surface area contributed by atoms with Gasteiger partial charge in [0.25, 0.3) is 0 Å². The molecule has 1 saturated heterocycles. The molecule has 0 amide bonds. The van der Waals surface area contributed by atoms with Gasteiger partial charge in [0, 0.05) is 11.8 Å². The Morgan fingerprint density at radius 2 is 2.14 bits per heavy atom. The minimum atomic E-state index is -4.52. The molecule has 8 heteroatoms. The van der Waals surface area contributed by atoms with Gasteiger partial charge in [0.2, 0.25) is 0 Å². The van der Waals surface area contributed by atoms with Crippen LogP contribution in [0.5, 0.6) is 0 Å². The highest BCUT2D eigenvalue weighted by molar-refractivity contribution is 5.78. The van der Waals surface area contributed by atoms with Gasteiger partial charge >= 0.3 is 18.1 Å². The molecule has 1 heterocycles. The first-order valence-electron chi connectivity index (χ1n) is 6.84. The summed E-state index contributed by atoms with van der Waals surface area (Å²) in [6.45, 7) is 0.968. The fourth-order valence-corrected chi connectivity index (χ4v) is 3.92. The first-order valence-corrected chi connectivity index (χ1v) is 6.84. The average Bonchev–Trinajstić information content (AvgIpc) is 2.99. The molecule has 7 atom stereocenters. The number of esters is 2. The number of aliphatic hydroxyl groups is 1. The molecular weight excluding hydrogens is 293 g/mol. The predicted molar refractivity (Wildman–Crippen MR) is 60.6 cm³/mol. The third-order valence-corrected chi connectivity index (χ3v) is 4.85. The van der Waals surface area contributed by atoms with E-state index < -0.39 is 66.5 Å². The second-order valence-electron chi connectivity index (χ2n) is 6.04. The summed E-state index contributed by atoms with van der Waals surface area (Å²) in [5, 5.41) is 8.90. The van der Waals surface area contributed by atoms with Crippen molar-refractivity contribution >= 4 is 11.9 Å². The van der Waals surface area contributed by atoms with Gasteiger partial charge in [-0.2, -0.15) is 13.2 Å². The van der Waals surface area contributed by atoms with Gasteiger partial charge in [0.05, 0.1) is 24.4 Å². The highest BCUT2D eigenvalue weighted by Crippen LogP contribution is 2.62. The van der Waals surface area contributed by atoms with Crippen LogP contribution in [0.4, 0.5) is 13.2 Å². The summed E-state index contributed by atoms with van der Waals surface area (Å²) < 4.78 is 49.7. The third-order valence-electron chi connectivity index (χ3n) is 4.85. The van der Waals surface area contributed by atoms with Crippen molar-refractivity contribution in [2.75, 3.05) is 6.61 Å². The number of fused-ring (bicyclic) bond motifs is 1. The maximum absolute atomic E-state index is 13.2. The van der Waals surface area contributed by atoms with Crippen molar-refractivity contribution < 1.29 is 37.3 Å². The maximum Gasteiger partial charge on any atom is 0.393 e. The van der Waals surface area contributed by atoms with Gasteiger partial charge < -0.3 is 14.6 Å². The molecule has 2 saturated carbocycles. The van der Waals surface area contributed by atoms with E-state index in [0.717, 1.165) is 0 Å². The Bertz CT molecular complexity index is 477. The molecule has 0 aromatic carbocycles. The summed E-state index contributed by atoms with van der Waals surface area (Å²) in [7, 11) is 0. The van der Waals surface area contributed by atoms with Crippen molar-refractivity contribution in [2.45, 2.75) is 31.7 Å². The van der Waals surface area contributed by atoms with E-state index in [9.17, 15) is 22.8 Å². The molecule has 3 aliphatic rings. The number of halogens is 3. The van der Waals surface area contributed by atoms with Crippen LogP contribution >= 0.6 is 0 Å². The summed E-state index contributed by atoms with van der Waals surface area (Å²) in [6, 6.07) is 0. The zero-order valence-corrected chi connectivity index (χ0v) is 11.2. The Kier molecular flexibility index (Phi) is 3.20. The van der Waals surface area contributed by atoms with E-state index in [-0.39, 0.29) is 6.42 Å². The molecule has 118 valence electrons. The molecule has 3 rings (SSSR count). The first kappa shape index (κ1) is 14.6. The fraction of sp³-hybridized carbons (Fsp3) is 0.846. The van der Waals surface area contributed by atoms with Gasteiger partial charge in [-0.15, -0.1) is 0 Å². The number of hydrogen-bond donors (Lipinski definition) is 1. The Morgan fingerprint density at radius 1 is 1.48 bits per heavy atom. The number of alkyl halides is 3. The molecule has 7 unspecified atom stereocenters. The number of ether oxygens (including phenoxy) is 2. The molecule has 2 aliphatic carbocycles. The number of aliphatic hydroxyl groups excluding tert-OH is 1. The number of carbonyl (C=O) groups is 2. The van der Waals surface area contributed by atoms with Gasteiger partial charge in [-0.3, -0.25) is 9.59 Å². The highest BCUT2D eigenvalue weighted by atomic mass is 19.4. The number of carbonyl (C=O) groups excluding carboxylic acids is 2. The van der Waals surface area contributed by atoms with Crippen molar-refractivity contribution in [3.05, 3.63) is 0 Å². The van der Waals surface area contributed by atoms with Gasteiger partial charge in [0.15, 0.2) is 0 Å². The molecule has 0 spiro atoms. The van der Waals surface area contributed by atoms with Crippen LogP contribution in [-0.4, -0.2) is 42.0 Å². The van der Waals surface area contributed by atoms with Crippen LogP contribution in [0.15, 0.2) is 0 Å². The SMILES string of the molecule is CC(CO)C(=O)OC1C2CC3C1OC(=O)C3C2C(F)(F)F. The van der Waals surface area contributed by atoms with Crippen LogP contribution in [0, 0.1) is 29.6 Å². The van der Waals surface area contributed by atoms with E-state index in [1.165, 1.54) is 6.92 Å². The Hall–Kier alpha value is -1.31. The molecule has 1 aliphatic heterocycles. The van der Waals surface area contributed by atoms with E-state index in [0.29, 0.717) is 0 Å². The lowest BCUT2D eigenvalue weighted by atomic mass is 9.78. The summed E-state index contributed by atoms with van der Waals surface area (Å²) in [5.41, 5.74) is 0. The number of rotatable bonds is 3. The summed E-state index contributed by atoms with van der Waals surface area (Å²) in [6.07, 6.45) is -6.19. The van der Waals surface area contributed by atoms with Crippen molar-refractivity contribution in [2.24, 2.45) is 29.6 Å². The number of hydrogen-bond acceptors (Lipinski definition) is 5. The lowest BCUT2D eigenvalue weighted by molar-refractivity contribution is -0.212. The topological polar surface area (TPSA) is 72.8 Å². The summed E-state index contributed by atoms with van der Waals surface area (Å²) >= 11 is 0. The Morgan fingerprint density at radius 3 is 2.71 bits per heavy atom. The lowest BCUT2D eigenvalue weighted by Crippen LogP contribution is -2.46. The lowest BCUT2D eigenvalue weighted by Gasteiger charge is -2.32. The van der Waals surface area contributed by atoms with Crippen LogP contribution in [0.1, 0.15) is 13.3 Å². The second kappa shape index (κ2) is 4.59. The maximum atomic E-state index is 13.2. The van der Waals surface area contributed by atoms with E-state index in [4.69, 9.17) is 14.6 Å². The van der Waals surface area contributed by atoms with Crippen molar-refractivity contribution in [1.82, 2.24) is 0 Å². The molecular formula is C13H15F3O5. The third kappa shape index (κ3) is 2.03. The van der Waals surface area contributed by atoms with Crippen LogP contribution < -0.4 is 0 Å². The molecule has 0 aromatic rings. The average molecular weight is 308 g/mol. The predicted octanol–water partition coefficient (Wildman–Crippen LogP) is 0.896. The van der Waals surface area contributed by atoms with E-state index in [1.807, 2.05) is 0 Å². The van der Waals surface area contributed by atoms with E-state index in [2.05, 4.69) is 0 Å². The molecule has 3 fully saturated rings. The molecule has 2 bridgehead atoms. The van der Waals surface area contributed by atoms with Gasteiger partial charge in [-0.25, -0.2) is 0 Å². The molecule has 1 N–H and O–H groups in total. The van der Waals surface area contributed by atoms with Crippen molar-refractivity contribution in [3.8, 4) is 0 Å². The standard InChI is InChI=1S/C13H15F3O5/c1-4(3-17)11(18)20-10-6-2-5-7(8(6)13(14,15)16)12(19)21-9(5)10/h4-10,17H,2-3H2,1H3. The second-order valence-corrected chi connectivity index (χ2v) is 6.04. The zero-order chi connectivity index (χ0) is 15.5. The van der Waals surface area contributed by atoms with Crippen LogP contribution in [0.25, 0.3) is 0 Å². The van der Waals surface area contributed by atoms with E-state index >= 15 is 0 Å². The summed E-state index contributed by atoms with van der Waals surface area (Å²) in [4.78, 5) is 23.4. The molecule has 5 nitrogen and oxygen atoms in total. The molecule has 0 aromatic heterocycles. The zero-order valence-electron chi connectivity index (χ0n) is 11.2. The van der Waals surface area contributed by atoms with E-state index in [1.54, 1.807) is 0 Å². The monoisotopic (exact) mass is 308 g/mol. The normalized spacial score (nSPS) is 42.0. The van der Waals surface area contributed by atoms with Crippen LogP contribution in [0.2, 0.25) is 0 Å². The first-order chi connectivity index (χ1) is 9.75. The quantitative estimate of drug-likeness (QED) is 0.784. The fourth-order valence-electron chi connectivity index (χ4n) is 3.92. The Labute approximate surface area is 118 Å². The van der Waals surface area contributed by atoms with Crippen LogP contribution in [0.3, 0.4) is 0 Å². The Balaban J connectivity index is 1.84. The van der Waals surface area contributed by atoms with Gasteiger partial charge in [0.1, 0.15) is 12.2 Å².